The second-order valence-corrected chi connectivity index (χ2v) is 11.5. The zero-order valence-corrected chi connectivity index (χ0v) is 18.0. The molecule has 7 heteroatoms. The van der Waals surface area contributed by atoms with Crippen LogP contribution < -0.4 is 4.90 Å². The molecular formula is C22H30N4O2S. The zero-order chi connectivity index (χ0) is 20.1. The van der Waals surface area contributed by atoms with Crippen molar-refractivity contribution >= 4 is 15.5 Å². The molecule has 0 amide bonds. The summed E-state index contributed by atoms with van der Waals surface area (Å²) in [6.07, 6.45) is 7.93. The summed E-state index contributed by atoms with van der Waals surface area (Å²) < 4.78 is 26.4. The van der Waals surface area contributed by atoms with Crippen LogP contribution in [0.2, 0.25) is 0 Å². The van der Waals surface area contributed by atoms with E-state index in [4.69, 9.17) is 10.1 Å². The lowest BCUT2D eigenvalue weighted by molar-refractivity contribution is 0.322. The molecule has 156 valence electrons. The molecule has 2 aliphatic heterocycles. The van der Waals surface area contributed by atoms with Crippen LogP contribution >= 0.6 is 0 Å². The van der Waals surface area contributed by atoms with E-state index in [9.17, 15) is 8.42 Å². The molecule has 3 aliphatic rings. The van der Waals surface area contributed by atoms with Gasteiger partial charge in [0.05, 0.1) is 17.0 Å². The Kier molecular flexibility index (Phi) is 4.68. The van der Waals surface area contributed by atoms with Crippen LogP contribution in [0.25, 0.3) is 11.4 Å². The number of hydrogen-bond acceptors (Lipinski definition) is 5. The normalized spacial score (nSPS) is 27.1. The maximum atomic E-state index is 12.2. The average Bonchev–Trinajstić information content (AvgIpc) is 3.23. The monoisotopic (exact) mass is 414 g/mol. The van der Waals surface area contributed by atoms with Gasteiger partial charge in [0, 0.05) is 30.3 Å². The fourth-order valence-electron chi connectivity index (χ4n) is 4.86. The standard InChI is InChI=1S/C22H30N4O2S/c1-22(12-15-29(27,28)16-22)26-21(23-20(24-26)17-6-5-7-17)18-8-10-19(11-9-18)25-13-3-2-4-14-25/h8-11,17H,2-7,12-16H2,1H3. The summed E-state index contributed by atoms with van der Waals surface area (Å²) in [6, 6.07) is 8.61. The first-order valence-electron chi connectivity index (χ1n) is 11.0. The van der Waals surface area contributed by atoms with E-state index in [0.29, 0.717) is 12.3 Å². The molecule has 5 rings (SSSR count). The molecule has 0 N–H and O–H groups in total. The third-order valence-electron chi connectivity index (χ3n) is 6.93. The fraction of sp³-hybridized carbons (Fsp3) is 0.636. The summed E-state index contributed by atoms with van der Waals surface area (Å²) in [5.74, 6) is 2.50. The van der Waals surface area contributed by atoms with Gasteiger partial charge in [-0.3, -0.25) is 0 Å². The minimum atomic E-state index is -3.02. The highest BCUT2D eigenvalue weighted by atomic mass is 32.2. The van der Waals surface area contributed by atoms with Gasteiger partial charge >= 0.3 is 0 Å². The van der Waals surface area contributed by atoms with Crippen LogP contribution in [0.5, 0.6) is 0 Å². The Morgan fingerprint density at radius 3 is 2.34 bits per heavy atom. The maximum Gasteiger partial charge on any atom is 0.158 e. The first kappa shape index (κ1) is 19.1. The zero-order valence-electron chi connectivity index (χ0n) is 17.2. The molecule has 2 saturated heterocycles. The lowest BCUT2D eigenvalue weighted by atomic mass is 9.85. The van der Waals surface area contributed by atoms with Crippen LogP contribution in [-0.4, -0.2) is 47.8 Å². The van der Waals surface area contributed by atoms with Gasteiger partial charge in [-0.2, -0.15) is 5.10 Å². The van der Waals surface area contributed by atoms with Crippen LogP contribution in [0.3, 0.4) is 0 Å². The van der Waals surface area contributed by atoms with Gasteiger partial charge in [0.25, 0.3) is 0 Å². The molecule has 0 radical (unpaired) electrons. The fourth-order valence-corrected chi connectivity index (χ4v) is 6.97. The number of anilines is 1. The predicted octanol–water partition coefficient (Wildman–Crippen LogP) is 3.74. The van der Waals surface area contributed by atoms with Crippen molar-refractivity contribution in [3.63, 3.8) is 0 Å². The lowest BCUT2D eigenvalue weighted by Gasteiger charge is -2.29. The first-order chi connectivity index (χ1) is 13.9. The number of hydrogen-bond donors (Lipinski definition) is 0. The van der Waals surface area contributed by atoms with E-state index in [-0.39, 0.29) is 11.5 Å². The van der Waals surface area contributed by atoms with Crippen LogP contribution in [0.1, 0.15) is 63.6 Å². The van der Waals surface area contributed by atoms with Crippen molar-refractivity contribution in [2.45, 2.75) is 63.3 Å². The van der Waals surface area contributed by atoms with Gasteiger partial charge < -0.3 is 4.90 Å². The number of benzene rings is 1. The average molecular weight is 415 g/mol. The molecule has 1 aromatic carbocycles. The van der Waals surface area contributed by atoms with E-state index < -0.39 is 15.4 Å². The first-order valence-corrected chi connectivity index (χ1v) is 12.8. The highest BCUT2D eigenvalue weighted by molar-refractivity contribution is 7.91. The van der Waals surface area contributed by atoms with E-state index >= 15 is 0 Å². The van der Waals surface area contributed by atoms with E-state index in [1.165, 1.54) is 31.4 Å². The van der Waals surface area contributed by atoms with Crippen LogP contribution in [0, 0.1) is 0 Å². The predicted molar refractivity (Wildman–Crippen MR) is 115 cm³/mol. The van der Waals surface area contributed by atoms with Gasteiger partial charge in [-0.05, 0) is 69.7 Å². The SMILES string of the molecule is CC1(n2nc(C3CCC3)nc2-c2ccc(N3CCCCC3)cc2)CCS(=O)(=O)C1. The third kappa shape index (κ3) is 3.58. The molecule has 1 aliphatic carbocycles. The molecule has 1 unspecified atom stereocenters. The molecule has 0 bridgehead atoms. The second-order valence-electron chi connectivity index (χ2n) is 9.27. The molecule has 1 saturated carbocycles. The van der Waals surface area contributed by atoms with Gasteiger partial charge in [0.1, 0.15) is 0 Å². The topological polar surface area (TPSA) is 68.1 Å². The number of rotatable bonds is 4. The number of aromatic nitrogens is 3. The third-order valence-corrected chi connectivity index (χ3v) is 8.82. The summed E-state index contributed by atoms with van der Waals surface area (Å²) in [6.45, 7) is 4.26. The van der Waals surface area contributed by atoms with E-state index in [0.717, 1.165) is 43.1 Å². The summed E-state index contributed by atoms with van der Waals surface area (Å²) in [4.78, 5) is 7.37. The second kappa shape index (κ2) is 7.11. The Morgan fingerprint density at radius 2 is 1.76 bits per heavy atom. The number of nitrogens with zero attached hydrogens (tertiary/aromatic N) is 4. The minimum Gasteiger partial charge on any atom is -0.372 e. The van der Waals surface area contributed by atoms with Gasteiger partial charge in [-0.15, -0.1) is 0 Å². The maximum absolute atomic E-state index is 12.2. The van der Waals surface area contributed by atoms with Crippen molar-refractivity contribution in [1.82, 2.24) is 14.8 Å². The van der Waals surface area contributed by atoms with E-state index in [1.54, 1.807) is 0 Å². The molecule has 6 nitrogen and oxygen atoms in total. The quantitative estimate of drug-likeness (QED) is 0.762. The van der Waals surface area contributed by atoms with Gasteiger partial charge in [0.2, 0.25) is 0 Å². The lowest BCUT2D eigenvalue weighted by Crippen LogP contribution is -2.33. The smallest absolute Gasteiger partial charge is 0.158 e. The van der Waals surface area contributed by atoms with Crippen molar-refractivity contribution < 1.29 is 8.42 Å². The summed E-state index contributed by atoms with van der Waals surface area (Å²) >= 11 is 0. The van der Waals surface area contributed by atoms with Crippen molar-refractivity contribution in [3.8, 4) is 11.4 Å². The Hall–Kier alpha value is -1.89. The molecule has 1 aromatic heterocycles. The van der Waals surface area contributed by atoms with Gasteiger partial charge in [0.15, 0.2) is 21.5 Å². The van der Waals surface area contributed by atoms with Crippen molar-refractivity contribution in [1.29, 1.82) is 0 Å². The molecule has 0 spiro atoms. The van der Waals surface area contributed by atoms with E-state index in [1.807, 2.05) is 11.6 Å². The number of piperidine rings is 1. The molecular weight excluding hydrogens is 384 g/mol. The Bertz CT molecular complexity index is 988. The summed E-state index contributed by atoms with van der Waals surface area (Å²) in [5.41, 5.74) is 1.76. The molecule has 3 fully saturated rings. The van der Waals surface area contributed by atoms with Crippen LogP contribution in [0.15, 0.2) is 24.3 Å². The van der Waals surface area contributed by atoms with Crippen molar-refractivity contribution in [3.05, 3.63) is 30.1 Å². The Balaban J connectivity index is 1.51. The van der Waals surface area contributed by atoms with Gasteiger partial charge in [-0.25, -0.2) is 18.1 Å². The highest BCUT2D eigenvalue weighted by Gasteiger charge is 2.43. The molecule has 3 heterocycles. The van der Waals surface area contributed by atoms with Crippen LogP contribution in [0.4, 0.5) is 5.69 Å². The van der Waals surface area contributed by atoms with Gasteiger partial charge in [-0.1, -0.05) is 6.42 Å². The van der Waals surface area contributed by atoms with Crippen molar-refractivity contribution in [2.24, 2.45) is 0 Å². The molecule has 2 aromatic rings. The highest BCUT2D eigenvalue weighted by Crippen LogP contribution is 2.39. The summed E-state index contributed by atoms with van der Waals surface area (Å²) in [5, 5.41) is 4.87. The molecule has 1 atom stereocenters. The number of sulfone groups is 1. The largest absolute Gasteiger partial charge is 0.372 e. The Morgan fingerprint density at radius 1 is 1.03 bits per heavy atom. The van der Waals surface area contributed by atoms with Crippen LogP contribution in [-0.2, 0) is 15.4 Å². The minimum absolute atomic E-state index is 0.145. The molecule has 29 heavy (non-hydrogen) atoms. The summed E-state index contributed by atoms with van der Waals surface area (Å²) in [7, 11) is -3.02. The van der Waals surface area contributed by atoms with E-state index in [2.05, 4.69) is 29.2 Å². The Labute approximate surface area is 173 Å². The van der Waals surface area contributed by atoms with Crippen molar-refractivity contribution in [2.75, 3.05) is 29.5 Å².